The van der Waals surface area contributed by atoms with Crippen molar-refractivity contribution in [3.05, 3.63) is 23.8 Å². The fraction of sp³-hybridized carbons (Fsp3) is 0.696. The Kier molecular flexibility index (Phi) is 6.73. The summed E-state index contributed by atoms with van der Waals surface area (Å²) in [6.45, 7) is 9.39. The average Bonchev–Trinajstić information content (AvgIpc) is 3.56. The van der Waals surface area contributed by atoms with E-state index >= 15 is 0 Å². The number of amides is 2. The molecule has 0 radical (unpaired) electrons. The summed E-state index contributed by atoms with van der Waals surface area (Å²) in [5.41, 5.74) is 1.05. The van der Waals surface area contributed by atoms with Crippen molar-refractivity contribution in [3.8, 4) is 11.5 Å². The van der Waals surface area contributed by atoms with Crippen LogP contribution in [0.25, 0.3) is 0 Å². The lowest BCUT2D eigenvalue weighted by molar-refractivity contribution is 0.167. The highest BCUT2D eigenvalue weighted by atomic mass is 16.5. The van der Waals surface area contributed by atoms with E-state index in [1.54, 1.807) is 0 Å². The van der Waals surface area contributed by atoms with Crippen LogP contribution in [0.3, 0.4) is 0 Å². The maximum absolute atomic E-state index is 13.1. The van der Waals surface area contributed by atoms with E-state index in [1.165, 1.54) is 25.7 Å². The van der Waals surface area contributed by atoms with Gasteiger partial charge in [0.1, 0.15) is 0 Å². The summed E-state index contributed by atoms with van der Waals surface area (Å²) in [6, 6.07) is 6.38. The highest BCUT2D eigenvalue weighted by Gasteiger charge is 2.45. The zero-order valence-electron chi connectivity index (χ0n) is 18.0. The van der Waals surface area contributed by atoms with Gasteiger partial charge in [-0.25, -0.2) is 4.79 Å². The summed E-state index contributed by atoms with van der Waals surface area (Å²) < 4.78 is 11.5. The van der Waals surface area contributed by atoms with Crippen molar-refractivity contribution in [3.63, 3.8) is 0 Å². The Morgan fingerprint density at radius 2 is 1.64 bits per heavy atom. The molecule has 2 fully saturated rings. The van der Waals surface area contributed by atoms with Crippen molar-refractivity contribution < 1.29 is 14.3 Å². The second-order valence-corrected chi connectivity index (χ2v) is 8.52. The molecule has 156 valence electrons. The fourth-order valence-electron chi connectivity index (χ4n) is 4.16. The van der Waals surface area contributed by atoms with Gasteiger partial charge in [-0.1, -0.05) is 19.9 Å². The molecular weight excluding hydrogens is 352 g/mol. The number of carbonyl (C=O) groups excluding carboxylic acids is 1. The molecule has 3 rings (SSSR count). The Balaban J connectivity index is 1.75. The van der Waals surface area contributed by atoms with Crippen molar-refractivity contribution in [2.24, 2.45) is 17.8 Å². The van der Waals surface area contributed by atoms with E-state index in [2.05, 4.69) is 19.2 Å². The summed E-state index contributed by atoms with van der Waals surface area (Å²) in [6.07, 6.45) is 5.07. The van der Waals surface area contributed by atoms with Gasteiger partial charge in [-0.2, -0.15) is 0 Å². The van der Waals surface area contributed by atoms with E-state index < -0.39 is 0 Å². The first-order valence-electron chi connectivity index (χ1n) is 10.9. The van der Waals surface area contributed by atoms with Gasteiger partial charge in [0.2, 0.25) is 0 Å². The molecule has 0 saturated heterocycles. The van der Waals surface area contributed by atoms with Crippen molar-refractivity contribution in [2.45, 2.75) is 65.5 Å². The molecule has 2 saturated carbocycles. The molecule has 2 amide bonds. The Hall–Kier alpha value is -1.91. The fourth-order valence-corrected chi connectivity index (χ4v) is 4.16. The molecule has 28 heavy (non-hydrogen) atoms. The number of nitrogens with zero attached hydrogens (tertiary/aromatic N) is 1. The Morgan fingerprint density at radius 1 is 1.07 bits per heavy atom. The van der Waals surface area contributed by atoms with Gasteiger partial charge in [-0.05, 0) is 75.0 Å². The summed E-state index contributed by atoms with van der Waals surface area (Å²) in [7, 11) is 1.97. The molecule has 2 aliphatic rings. The van der Waals surface area contributed by atoms with Crippen LogP contribution in [0.1, 0.15) is 65.0 Å². The summed E-state index contributed by atoms with van der Waals surface area (Å²) in [5.74, 6) is 3.17. The highest BCUT2D eigenvalue weighted by molar-refractivity contribution is 5.75. The first kappa shape index (κ1) is 20.8. The van der Waals surface area contributed by atoms with Crippen molar-refractivity contribution in [1.29, 1.82) is 0 Å². The predicted octanol–water partition coefficient (Wildman–Crippen LogP) is 5.01. The zero-order chi connectivity index (χ0) is 20.3. The number of hydrogen-bond donors (Lipinski definition) is 1. The molecule has 1 atom stereocenters. The van der Waals surface area contributed by atoms with Gasteiger partial charge in [0, 0.05) is 13.1 Å². The number of nitrogens with one attached hydrogen (secondary N) is 1. The molecule has 2 aliphatic carbocycles. The largest absolute Gasteiger partial charge is 0.490 e. The number of ether oxygens (including phenoxy) is 2. The van der Waals surface area contributed by atoms with Gasteiger partial charge in [-0.3, -0.25) is 0 Å². The van der Waals surface area contributed by atoms with Crippen LogP contribution in [0, 0.1) is 17.8 Å². The summed E-state index contributed by atoms with van der Waals surface area (Å²) in [4.78, 5) is 15.1. The number of benzene rings is 1. The Bertz CT molecular complexity index is 656. The molecule has 5 heteroatoms. The lowest BCUT2D eigenvalue weighted by Crippen LogP contribution is -2.47. The van der Waals surface area contributed by atoms with E-state index in [4.69, 9.17) is 9.47 Å². The number of rotatable bonds is 10. The van der Waals surface area contributed by atoms with E-state index in [0.717, 1.165) is 17.1 Å². The maximum atomic E-state index is 13.1. The second kappa shape index (κ2) is 9.06. The number of urea groups is 1. The van der Waals surface area contributed by atoms with Crippen LogP contribution >= 0.6 is 0 Å². The van der Waals surface area contributed by atoms with Crippen LogP contribution in [0.5, 0.6) is 11.5 Å². The molecular formula is C23H36N2O3. The van der Waals surface area contributed by atoms with Crippen LogP contribution in [0.15, 0.2) is 18.2 Å². The van der Waals surface area contributed by atoms with Crippen molar-refractivity contribution in [1.82, 2.24) is 10.2 Å². The summed E-state index contributed by atoms with van der Waals surface area (Å²) in [5, 5.41) is 3.29. The third-order valence-electron chi connectivity index (χ3n) is 5.85. The molecule has 0 unspecified atom stereocenters. The van der Waals surface area contributed by atoms with Gasteiger partial charge in [0.15, 0.2) is 11.5 Å². The highest BCUT2D eigenvalue weighted by Crippen LogP contribution is 2.47. The van der Waals surface area contributed by atoms with Gasteiger partial charge in [0.25, 0.3) is 0 Å². The van der Waals surface area contributed by atoms with Crippen LogP contribution in [0.4, 0.5) is 4.79 Å². The Morgan fingerprint density at radius 3 is 2.14 bits per heavy atom. The first-order chi connectivity index (χ1) is 13.5. The lowest BCUT2D eigenvalue weighted by Gasteiger charge is -2.32. The molecule has 0 bridgehead atoms. The van der Waals surface area contributed by atoms with Crippen LogP contribution in [0.2, 0.25) is 0 Å². The van der Waals surface area contributed by atoms with Crippen LogP contribution < -0.4 is 14.8 Å². The summed E-state index contributed by atoms with van der Waals surface area (Å²) >= 11 is 0. The molecule has 0 aliphatic heterocycles. The third-order valence-corrected chi connectivity index (χ3v) is 5.85. The molecule has 0 aromatic heterocycles. The molecule has 0 spiro atoms. The normalized spacial score (nSPS) is 17.5. The van der Waals surface area contributed by atoms with Gasteiger partial charge < -0.3 is 19.7 Å². The third kappa shape index (κ3) is 4.92. The minimum absolute atomic E-state index is 0.0364. The second-order valence-electron chi connectivity index (χ2n) is 8.52. The quantitative estimate of drug-likeness (QED) is 0.613. The minimum Gasteiger partial charge on any atom is -0.490 e. The SMILES string of the molecule is CCOc1ccc([C@@H](NC(=O)N(C)C(C2CC2)C2CC2)C(C)C)cc1OCC. The maximum Gasteiger partial charge on any atom is 0.317 e. The standard InChI is InChI=1S/C23H36N2O3/c1-6-27-19-13-12-18(14-20(19)28-7-2)21(15(3)4)24-23(26)25(5)22(16-8-9-16)17-10-11-17/h12-17,21-22H,6-11H2,1-5H3,(H,24,26)/t21-/m0/s1. The number of carbonyl (C=O) groups is 1. The molecule has 1 N–H and O–H groups in total. The van der Waals surface area contributed by atoms with Gasteiger partial charge in [0.05, 0.1) is 19.3 Å². The van der Waals surface area contributed by atoms with E-state index in [-0.39, 0.29) is 18.0 Å². The monoisotopic (exact) mass is 388 g/mol. The van der Waals surface area contributed by atoms with Crippen LogP contribution in [-0.2, 0) is 0 Å². The molecule has 1 aromatic rings. The smallest absolute Gasteiger partial charge is 0.317 e. The number of hydrogen-bond acceptors (Lipinski definition) is 3. The Labute approximate surface area is 169 Å². The van der Waals surface area contributed by atoms with Gasteiger partial charge >= 0.3 is 6.03 Å². The van der Waals surface area contributed by atoms with Crippen molar-refractivity contribution in [2.75, 3.05) is 20.3 Å². The average molecular weight is 389 g/mol. The van der Waals surface area contributed by atoms with Gasteiger partial charge in [-0.15, -0.1) is 0 Å². The lowest BCUT2D eigenvalue weighted by atomic mass is 9.95. The zero-order valence-corrected chi connectivity index (χ0v) is 18.0. The first-order valence-corrected chi connectivity index (χ1v) is 10.9. The predicted molar refractivity (Wildman–Crippen MR) is 112 cm³/mol. The van der Waals surface area contributed by atoms with E-state index in [9.17, 15) is 4.79 Å². The molecule has 5 nitrogen and oxygen atoms in total. The molecule has 0 heterocycles. The minimum atomic E-state index is -0.0658. The van der Waals surface area contributed by atoms with Crippen LogP contribution in [-0.4, -0.2) is 37.2 Å². The topological polar surface area (TPSA) is 50.8 Å². The van der Waals surface area contributed by atoms with E-state index in [0.29, 0.717) is 31.1 Å². The van der Waals surface area contributed by atoms with E-state index in [1.807, 2.05) is 44.0 Å². The van der Waals surface area contributed by atoms with Crippen molar-refractivity contribution >= 4 is 6.03 Å². The molecule has 1 aromatic carbocycles.